The molecule has 1 aromatic rings. The molecule has 0 N–H and O–H groups in total. The van der Waals surface area contributed by atoms with Gasteiger partial charge in [0, 0.05) is 5.92 Å². The predicted molar refractivity (Wildman–Crippen MR) is 58.1 cm³/mol. The van der Waals surface area contributed by atoms with E-state index >= 15 is 0 Å². The fourth-order valence-corrected chi connectivity index (χ4v) is 1.96. The van der Waals surface area contributed by atoms with E-state index in [9.17, 15) is 0 Å². The van der Waals surface area contributed by atoms with Crippen LogP contribution in [-0.4, -0.2) is 6.61 Å². The lowest BCUT2D eigenvalue weighted by atomic mass is 9.73. The van der Waals surface area contributed by atoms with Gasteiger partial charge in [-0.2, -0.15) is 0 Å². The zero-order valence-corrected chi connectivity index (χ0v) is 9.16. The summed E-state index contributed by atoms with van der Waals surface area (Å²) in [5.41, 5.74) is 1.66. The Morgan fingerprint density at radius 2 is 1.79 bits per heavy atom. The topological polar surface area (TPSA) is 9.23 Å². The van der Waals surface area contributed by atoms with Crippen molar-refractivity contribution in [2.24, 2.45) is 11.3 Å². The van der Waals surface area contributed by atoms with E-state index in [0.29, 0.717) is 17.4 Å². The summed E-state index contributed by atoms with van der Waals surface area (Å²) in [5, 5.41) is 0. The quantitative estimate of drug-likeness (QED) is 0.659. The van der Waals surface area contributed by atoms with Crippen molar-refractivity contribution in [2.75, 3.05) is 6.61 Å². The van der Waals surface area contributed by atoms with Gasteiger partial charge < -0.3 is 4.74 Å². The maximum atomic E-state index is 5.66. The summed E-state index contributed by atoms with van der Waals surface area (Å²) in [7, 11) is 0. The van der Waals surface area contributed by atoms with Crippen LogP contribution in [0.25, 0.3) is 0 Å². The average molecular weight is 190 g/mol. The van der Waals surface area contributed by atoms with E-state index in [2.05, 4.69) is 45.0 Å². The zero-order chi connectivity index (χ0) is 10.2. The standard InChI is InChI=1S/C13H18O/c1-13(2,3)11-9-14-12(11)10-7-5-4-6-8-10/h4-8,11-12H,9H2,1-3H3/t11-,12+/m1/s1. The van der Waals surface area contributed by atoms with Crippen molar-refractivity contribution in [3.05, 3.63) is 35.9 Å². The third kappa shape index (κ3) is 1.69. The second kappa shape index (κ2) is 3.39. The maximum Gasteiger partial charge on any atom is 0.0880 e. The van der Waals surface area contributed by atoms with Crippen LogP contribution in [0, 0.1) is 11.3 Å². The van der Waals surface area contributed by atoms with Crippen molar-refractivity contribution < 1.29 is 4.74 Å². The van der Waals surface area contributed by atoms with Crippen LogP contribution in [-0.2, 0) is 4.74 Å². The van der Waals surface area contributed by atoms with Crippen molar-refractivity contribution in [1.29, 1.82) is 0 Å². The predicted octanol–water partition coefficient (Wildman–Crippen LogP) is 3.42. The molecule has 1 heteroatoms. The van der Waals surface area contributed by atoms with Gasteiger partial charge in [0.2, 0.25) is 0 Å². The number of hydrogen-bond donors (Lipinski definition) is 0. The van der Waals surface area contributed by atoms with E-state index in [1.165, 1.54) is 5.56 Å². The molecule has 1 aromatic carbocycles. The molecule has 0 unspecified atom stereocenters. The second-order valence-electron chi connectivity index (χ2n) is 5.14. The van der Waals surface area contributed by atoms with Crippen LogP contribution in [0.2, 0.25) is 0 Å². The van der Waals surface area contributed by atoms with E-state index in [1.54, 1.807) is 0 Å². The van der Waals surface area contributed by atoms with E-state index in [-0.39, 0.29) is 0 Å². The number of benzene rings is 1. The summed E-state index contributed by atoms with van der Waals surface area (Å²) in [4.78, 5) is 0. The van der Waals surface area contributed by atoms with Crippen LogP contribution in [0.1, 0.15) is 32.4 Å². The van der Waals surface area contributed by atoms with Crippen LogP contribution in [0.5, 0.6) is 0 Å². The summed E-state index contributed by atoms with van der Waals surface area (Å²) < 4.78 is 5.66. The van der Waals surface area contributed by atoms with Gasteiger partial charge in [-0.1, -0.05) is 51.1 Å². The Bertz CT molecular complexity index is 297. The summed E-state index contributed by atoms with van der Waals surface area (Å²) >= 11 is 0. The Hall–Kier alpha value is -0.820. The molecule has 1 fully saturated rings. The van der Waals surface area contributed by atoms with E-state index < -0.39 is 0 Å². The first kappa shape index (κ1) is 9.72. The van der Waals surface area contributed by atoms with Crippen molar-refractivity contribution in [2.45, 2.75) is 26.9 Å². The third-order valence-corrected chi connectivity index (χ3v) is 3.06. The van der Waals surface area contributed by atoms with Gasteiger partial charge in [0.15, 0.2) is 0 Å². The molecule has 0 spiro atoms. The van der Waals surface area contributed by atoms with E-state index in [0.717, 1.165) is 6.61 Å². The van der Waals surface area contributed by atoms with Gasteiger partial charge in [0.05, 0.1) is 12.7 Å². The van der Waals surface area contributed by atoms with Crippen molar-refractivity contribution in [3.8, 4) is 0 Å². The molecule has 0 radical (unpaired) electrons. The monoisotopic (exact) mass is 190 g/mol. The fourth-order valence-electron chi connectivity index (χ4n) is 1.96. The van der Waals surface area contributed by atoms with Crippen LogP contribution in [0.4, 0.5) is 0 Å². The molecule has 2 atom stereocenters. The van der Waals surface area contributed by atoms with Crippen molar-refractivity contribution in [3.63, 3.8) is 0 Å². The molecule has 2 rings (SSSR count). The number of rotatable bonds is 1. The van der Waals surface area contributed by atoms with Gasteiger partial charge >= 0.3 is 0 Å². The highest BCUT2D eigenvalue weighted by molar-refractivity contribution is 5.20. The smallest absolute Gasteiger partial charge is 0.0880 e. The zero-order valence-electron chi connectivity index (χ0n) is 9.16. The second-order valence-corrected chi connectivity index (χ2v) is 5.14. The van der Waals surface area contributed by atoms with Gasteiger partial charge in [0.25, 0.3) is 0 Å². The molecular weight excluding hydrogens is 172 g/mol. The summed E-state index contributed by atoms with van der Waals surface area (Å²) in [5.74, 6) is 0.657. The van der Waals surface area contributed by atoms with Crippen molar-refractivity contribution >= 4 is 0 Å². The molecule has 0 aromatic heterocycles. The van der Waals surface area contributed by atoms with Gasteiger partial charge in [-0.05, 0) is 11.0 Å². The minimum atomic E-state index is 0.316. The van der Waals surface area contributed by atoms with Crippen LogP contribution >= 0.6 is 0 Å². The molecule has 0 amide bonds. The first-order chi connectivity index (χ1) is 6.59. The number of ether oxygens (including phenoxy) is 1. The first-order valence-electron chi connectivity index (χ1n) is 5.25. The van der Waals surface area contributed by atoms with E-state index in [4.69, 9.17) is 4.74 Å². The Labute approximate surface area is 86.1 Å². The van der Waals surface area contributed by atoms with Crippen molar-refractivity contribution in [1.82, 2.24) is 0 Å². The van der Waals surface area contributed by atoms with Gasteiger partial charge in [-0.25, -0.2) is 0 Å². The molecule has 76 valence electrons. The SMILES string of the molecule is CC(C)(C)[C@@H]1CO[C@H]1c1ccccc1. The normalized spacial score (nSPS) is 27.1. The summed E-state index contributed by atoms with van der Waals surface area (Å²) in [6.45, 7) is 7.77. The highest BCUT2D eigenvalue weighted by atomic mass is 16.5. The third-order valence-electron chi connectivity index (χ3n) is 3.06. The fraction of sp³-hybridized carbons (Fsp3) is 0.538. The molecule has 1 saturated heterocycles. The minimum absolute atomic E-state index is 0.316. The van der Waals surface area contributed by atoms with Gasteiger partial charge in [-0.3, -0.25) is 0 Å². The van der Waals surface area contributed by atoms with Crippen LogP contribution < -0.4 is 0 Å². The lowest BCUT2D eigenvalue weighted by Gasteiger charge is -2.45. The highest BCUT2D eigenvalue weighted by Crippen LogP contribution is 2.45. The molecule has 1 aliphatic rings. The Balaban J connectivity index is 2.15. The molecule has 1 aliphatic heterocycles. The molecular formula is C13H18O. The first-order valence-corrected chi connectivity index (χ1v) is 5.25. The summed E-state index contributed by atoms with van der Waals surface area (Å²) in [6.07, 6.45) is 0.316. The molecule has 1 nitrogen and oxygen atoms in total. The van der Waals surface area contributed by atoms with Crippen LogP contribution in [0.3, 0.4) is 0 Å². The van der Waals surface area contributed by atoms with Gasteiger partial charge in [0.1, 0.15) is 0 Å². The largest absolute Gasteiger partial charge is 0.373 e. The summed E-state index contributed by atoms with van der Waals surface area (Å²) in [6, 6.07) is 10.5. The molecule has 0 aliphatic carbocycles. The van der Waals surface area contributed by atoms with Crippen LogP contribution in [0.15, 0.2) is 30.3 Å². The van der Waals surface area contributed by atoms with Gasteiger partial charge in [-0.15, -0.1) is 0 Å². The average Bonchev–Trinajstić information content (AvgIpc) is 2.00. The minimum Gasteiger partial charge on any atom is -0.373 e. The molecule has 1 heterocycles. The molecule has 14 heavy (non-hydrogen) atoms. The lowest BCUT2D eigenvalue weighted by molar-refractivity contribution is -0.159. The maximum absolute atomic E-state index is 5.66. The number of hydrogen-bond acceptors (Lipinski definition) is 1. The Morgan fingerprint density at radius 3 is 2.21 bits per heavy atom. The highest BCUT2D eigenvalue weighted by Gasteiger charge is 2.41. The lowest BCUT2D eigenvalue weighted by Crippen LogP contribution is -2.41. The molecule has 0 saturated carbocycles. The Morgan fingerprint density at radius 1 is 1.14 bits per heavy atom. The molecule has 0 bridgehead atoms. The Kier molecular flexibility index (Phi) is 2.36. The van der Waals surface area contributed by atoms with E-state index in [1.807, 2.05) is 6.07 Å².